The molecule has 0 aliphatic heterocycles. The van der Waals surface area contributed by atoms with Gasteiger partial charge in [0.2, 0.25) is 0 Å². The molecule has 78 valence electrons. The zero-order valence-corrected chi connectivity index (χ0v) is 8.07. The van der Waals surface area contributed by atoms with E-state index in [4.69, 9.17) is 5.11 Å². The lowest BCUT2D eigenvalue weighted by Gasteiger charge is -1.98. The fourth-order valence-electron chi connectivity index (χ4n) is 1.51. The van der Waals surface area contributed by atoms with Crippen LogP contribution in [0.4, 0.5) is 4.39 Å². The molecular formula is C10H9FN2O2. The highest BCUT2D eigenvalue weighted by atomic mass is 19.1. The molecule has 2 rings (SSSR count). The summed E-state index contributed by atoms with van der Waals surface area (Å²) in [7, 11) is 0. The van der Waals surface area contributed by atoms with Gasteiger partial charge in [0, 0.05) is 11.1 Å². The first kappa shape index (κ1) is 9.64. The van der Waals surface area contributed by atoms with Gasteiger partial charge in [-0.3, -0.25) is 9.48 Å². The number of aliphatic carboxylic acids is 1. The van der Waals surface area contributed by atoms with Crippen LogP contribution < -0.4 is 0 Å². The Morgan fingerprint density at radius 2 is 2.33 bits per heavy atom. The summed E-state index contributed by atoms with van der Waals surface area (Å²) in [6, 6.07) is 4.20. The predicted molar refractivity (Wildman–Crippen MR) is 52.1 cm³/mol. The van der Waals surface area contributed by atoms with Crippen molar-refractivity contribution in [3.63, 3.8) is 0 Å². The van der Waals surface area contributed by atoms with Gasteiger partial charge in [-0.15, -0.1) is 0 Å². The minimum atomic E-state index is -0.966. The van der Waals surface area contributed by atoms with Gasteiger partial charge in [0.15, 0.2) is 0 Å². The number of hydrogen-bond donors (Lipinski definition) is 1. The van der Waals surface area contributed by atoms with Crippen molar-refractivity contribution in [1.29, 1.82) is 0 Å². The van der Waals surface area contributed by atoms with Crippen molar-refractivity contribution >= 4 is 16.9 Å². The molecule has 0 fully saturated rings. The third kappa shape index (κ3) is 1.68. The minimum absolute atomic E-state index is 0.206. The summed E-state index contributed by atoms with van der Waals surface area (Å²) in [5.41, 5.74) is 1.27. The van der Waals surface area contributed by atoms with Gasteiger partial charge in [0.05, 0.1) is 5.52 Å². The van der Waals surface area contributed by atoms with E-state index < -0.39 is 5.97 Å². The Morgan fingerprint density at radius 3 is 3.00 bits per heavy atom. The molecule has 0 saturated heterocycles. The van der Waals surface area contributed by atoms with Crippen LogP contribution in [-0.4, -0.2) is 20.9 Å². The predicted octanol–water partition coefficient (Wildman–Crippen LogP) is 1.57. The van der Waals surface area contributed by atoms with E-state index in [9.17, 15) is 9.18 Å². The normalized spacial score (nSPS) is 10.8. The Balaban J connectivity index is 2.59. The third-order valence-electron chi connectivity index (χ3n) is 2.25. The molecular weight excluding hydrogens is 199 g/mol. The number of fused-ring (bicyclic) bond motifs is 1. The molecule has 0 atom stereocenters. The molecule has 0 aliphatic rings. The number of carboxylic acid groups (broad SMARTS) is 1. The molecule has 1 aromatic carbocycles. The molecule has 15 heavy (non-hydrogen) atoms. The van der Waals surface area contributed by atoms with Crippen LogP contribution >= 0.6 is 0 Å². The van der Waals surface area contributed by atoms with E-state index in [1.165, 1.54) is 22.9 Å². The fraction of sp³-hybridized carbons (Fsp3) is 0.200. The van der Waals surface area contributed by atoms with Crippen molar-refractivity contribution in [2.24, 2.45) is 0 Å². The molecule has 0 aliphatic carbocycles. The van der Waals surface area contributed by atoms with Gasteiger partial charge in [-0.25, -0.2) is 4.39 Å². The topological polar surface area (TPSA) is 55.1 Å². The number of benzene rings is 1. The Hall–Kier alpha value is -1.91. The summed E-state index contributed by atoms with van der Waals surface area (Å²) >= 11 is 0. The Labute approximate surface area is 84.9 Å². The van der Waals surface area contributed by atoms with Crippen molar-refractivity contribution in [2.45, 2.75) is 13.5 Å². The molecule has 0 radical (unpaired) electrons. The van der Waals surface area contributed by atoms with Crippen LogP contribution in [0.25, 0.3) is 10.9 Å². The second-order valence-electron chi connectivity index (χ2n) is 3.30. The smallest absolute Gasteiger partial charge is 0.325 e. The molecule has 0 unspecified atom stereocenters. The molecule has 1 aromatic heterocycles. The van der Waals surface area contributed by atoms with Gasteiger partial charge in [0.25, 0.3) is 0 Å². The van der Waals surface area contributed by atoms with Gasteiger partial charge in [-0.2, -0.15) is 5.10 Å². The van der Waals surface area contributed by atoms with Crippen LogP contribution in [-0.2, 0) is 11.3 Å². The molecule has 0 spiro atoms. The number of aromatic nitrogens is 2. The van der Waals surface area contributed by atoms with Gasteiger partial charge >= 0.3 is 5.97 Å². The summed E-state index contributed by atoms with van der Waals surface area (Å²) in [5, 5.41) is 13.3. The Bertz CT molecular complexity index is 533. The third-order valence-corrected chi connectivity index (χ3v) is 2.25. The number of carboxylic acids is 1. The average molecular weight is 208 g/mol. The maximum absolute atomic E-state index is 12.9. The van der Waals surface area contributed by atoms with Crippen molar-refractivity contribution < 1.29 is 14.3 Å². The van der Waals surface area contributed by atoms with Crippen molar-refractivity contribution in [3.8, 4) is 0 Å². The molecule has 0 amide bonds. The van der Waals surface area contributed by atoms with Crippen LogP contribution in [0.5, 0.6) is 0 Å². The highest BCUT2D eigenvalue weighted by Crippen LogP contribution is 2.18. The minimum Gasteiger partial charge on any atom is -0.480 e. The lowest BCUT2D eigenvalue weighted by atomic mass is 10.2. The quantitative estimate of drug-likeness (QED) is 0.814. The second kappa shape index (κ2) is 3.34. The van der Waals surface area contributed by atoms with Gasteiger partial charge in [-0.1, -0.05) is 0 Å². The van der Waals surface area contributed by atoms with Crippen LogP contribution in [0.1, 0.15) is 5.69 Å². The van der Waals surface area contributed by atoms with E-state index in [0.717, 1.165) is 0 Å². The fourth-order valence-corrected chi connectivity index (χ4v) is 1.51. The summed E-state index contributed by atoms with van der Waals surface area (Å²) in [6.45, 7) is 1.51. The molecule has 1 heterocycles. The van der Waals surface area contributed by atoms with Crippen molar-refractivity contribution in [1.82, 2.24) is 9.78 Å². The second-order valence-corrected chi connectivity index (χ2v) is 3.30. The molecule has 0 saturated carbocycles. The molecule has 2 aromatic rings. The zero-order chi connectivity index (χ0) is 11.0. The van der Waals surface area contributed by atoms with E-state index in [1.807, 2.05) is 0 Å². The molecule has 0 bridgehead atoms. The number of halogens is 1. The van der Waals surface area contributed by atoms with Gasteiger partial charge in [0.1, 0.15) is 12.4 Å². The van der Waals surface area contributed by atoms with Crippen LogP contribution in [0, 0.1) is 12.7 Å². The summed E-state index contributed by atoms with van der Waals surface area (Å²) < 4.78 is 14.3. The summed E-state index contributed by atoms with van der Waals surface area (Å²) in [4.78, 5) is 10.5. The van der Waals surface area contributed by atoms with E-state index in [-0.39, 0.29) is 12.4 Å². The maximum atomic E-state index is 12.9. The van der Waals surface area contributed by atoms with Crippen LogP contribution in [0.2, 0.25) is 0 Å². The SMILES string of the molecule is Cc1c2cc(F)ccc2nn1CC(=O)O. The lowest BCUT2D eigenvalue weighted by Crippen LogP contribution is -2.11. The monoisotopic (exact) mass is 208 g/mol. The number of aryl methyl sites for hydroxylation is 1. The van der Waals surface area contributed by atoms with Crippen LogP contribution in [0.3, 0.4) is 0 Å². The first-order chi connectivity index (χ1) is 7.08. The molecule has 1 N–H and O–H groups in total. The van der Waals surface area contributed by atoms with Gasteiger partial charge < -0.3 is 5.11 Å². The molecule has 5 heteroatoms. The standard InChI is InChI=1S/C10H9FN2O2/c1-6-8-4-7(11)2-3-9(8)12-13(6)5-10(14)15/h2-4H,5H2,1H3,(H,14,15). The van der Waals surface area contributed by atoms with Gasteiger partial charge in [-0.05, 0) is 25.1 Å². The van der Waals surface area contributed by atoms with Crippen LogP contribution in [0.15, 0.2) is 18.2 Å². The highest BCUT2D eigenvalue weighted by Gasteiger charge is 2.09. The highest BCUT2D eigenvalue weighted by molar-refractivity contribution is 5.82. The number of rotatable bonds is 2. The zero-order valence-electron chi connectivity index (χ0n) is 8.07. The average Bonchev–Trinajstić information content (AvgIpc) is 2.44. The Morgan fingerprint density at radius 1 is 1.60 bits per heavy atom. The number of hydrogen-bond acceptors (Lipinski definition) is 2. The number of carbonyl (C=O) groups is 1. The lowest BCUT2D eigenvalue weighted by molar-refractivity contribution is -0.137. The number of nitrogens with zero attached hydrogens (tertiary/aromatic N) is 2. The molecule has 4 nitrogen and oxygen atoms in total. The first-order valence-electron chi connectivity index (χ1n) is 4.42. The van der Waals surface area contributed by atoms with Crippen molar-refractivity contribution in [3.05, 3.63) is 29.7 Å². The van der Waals surface area contributed by atoms with E-state index >= 15 is 0 Å². The van der Waals surface area contributed by atoms with E-state index in [2.05, 4.69) is 5.10 Å². The first-order valence-corrected chi connectivity index (χ1v) is 4.42. The summed E-state index contributed by atoms with van der Waals surface area (Å²) in [6.07, 6.45) is 0. The van der Waals surface area contributed by atoms with Crippen molar-refractivity contribution in [2.75, 3.05) is 0 Å². The van der Waals surface area contributed by atoms with E-state index in [0.29, 0.717) is 16.6 Å². The largest absolute Gasteiger partial charge is 0.480 e. The Kier molecular flexibility index (Phi) is 2.15. The summed E-state index contributed by atoms with van der Waals surface area (Å²) in [5.74, 6) is -1.31. The van der Waals surface area contributed by atoms with E-state index in [1.54, 1.807) is 6.92 Å². The maximum Gasteiger partial charge on any atom is 0.325 e.